The van der Waals surface area contributed by atoms with Crippen molar-refractivity contribution in [3.05, 3.63) is 59.7 Å². The van der Waals surface area contributed by atoms with Crippen LogP contribution in [0.25, 0.3) is 0 Å². The van der Waals surface area contributed by atoms with Crippen LogP contribution in [0.1, 0.15) is 56.0 Å². The number of nitrogens with one attached hydrogen (secondary N) is 3. The Labute approximate surface area is 251 Å². The number of carbonyl (C=O) groups is 5. The average molecular weight is 626 g/mol. The van der Waals surface area contributed by atoms with Crippen LogP contribution in [0.15, 0.2) is 53.5 Å². The Morgan fingerprint density at radius 3 is 2.16 bits per heavy atom. The number of hydrogen-bond acceptors (Lipinski definition) is 9. The van der Waals surface area contributed by atoms with Gasteiger partial charge in [-0.05, 0) is 63.6 Å². The van der Waals surface area contributed by atoms with Crippen molar-refractivity contribution < 1.29 is 51.7 Å². The molecule has 0 aliphatic heterocycles. The van der Waals surface area contributed by atoms with E-state index in [1.807, 2.05) is 0 Å². The molecule has 0 bridgehead atoms. The zero-order valence-electron chi connectivity index (χ0n) is 24.4. The normalized spacial score (nSPS) is 11.8. The number of nitrogens with zero attached hydrogens (tertiary/aromatic N) is 1. The van der Waals surface area contributed by atoms with Gasteiger partial charge in [-0.25, -0.2) is 15.6 Å². The van der Waals surface area contributed by atoms with Crippen molar-refractivity contribution in [3.63, 3.8) is 0 Å². The fourth-order valence-corrected chi connectivity index (χ4v) is 3.25. The molecular weight excluding hydrogens is 591 g/mol. The lowest BCUT2D eigenvalue weighted by Crippen LogP contribution is -2.36. The molecular formula is C28H34F3N5O8. The molecule has 0 fully saturated rings. The quantitative estimate of drug-likeness (QED) is 0.0813. The molecule has 6 N–H and O–H groups in total. The first-order valence-corrected chi connectivity index (χ1v) is 12.9. The first kappa shape index (κ1) is 37.0. The largest absolute Gasteiger partial charge is 0.490 e. The van der Waals surface area contributed by atoms with Crippen LogP contribution in [0.2, 0.25) is 0 Å². The molecule has 0 aliphatic rings. The van der Waals surface area contributed by atoms with Gasteiger partial charge in [-0.3, -0.25) is 19.2 Å². The van der Waals surface area contributed by atoms with Crippen LogP contribution in [0.4, 0.5) is 24.5 Å². The number of carboxylic acid groups (broad SMARTS) is 1. The minimum Gasteiger partial charge on any atom is -0.475 e. The fourth-order valence-electron chi connectivity index (χ4n) is 3.25. The topological polar surface area (TPSA) is 199 Å². The first-order valence-electron chi connectivity index (χ1n) is 12.9. The number of hydrogen-bond donors (Lipinski definition) is 5. The van der Waals surface area contributed by atoms with Crippen molar-refractivity contribution in [1.29, 1.82) is 0 Å². The second-order valence-electron chi connectivity index (χ2n) is 9.72. The number of carbonyl (C=O) groups excluding carboxylic acids is 4. The van der Waals surface area contributed by atoms with E-state index in [2.05, 4.69) is 21.1 Å². The van der Waals surface area contributed by atoms with Gasteiger partial charge in [0.15, 0.2) is 0 Å². The van der Waals surface area contributed by atoms with E-state index < -0.39 is 41.5 Å². The van der Waals surface area contributed by atoms with E-state index in [4.69, 9.17) is 25.2 Å². The van der Waals surface area contributed by atoms with Gasteiger partial charge in [-0.1, -0.05) is 18.2 Å². The van der Waals surface area contributed by atoms with Crippen LogP contribution < -0.4 is 21.9 Å². The summed E-state index contributed by atoms with van der Waals surface area (Å²) in [6, 6.07) is 13.1. The Morgan fingerprint density at radius 2 is 1.64 bits per heavy atom. The fraction of sp³-hybridized carbons (Fsp3) is 0.357. The standard InChI is InChI=1S/C26H33N5O6.C2HF3O2/c1-5-36-23(33)15-28-25(35)21(14-22(32)37-26(2,3)4)17-9-11-19(12-10-17)31-24(34)18-7-6-8-20(13-18)29-16-30-27;3-2(4,5)1(6)7/h6-13,16,21H,5,14-15,27H2,1-4H3,(H,28,35)(H,29,30)(H,31,34);(H,6,7). The number of ether oxygens (including phenoxy) is 2. The Bertz CT molecular complexity index is 1330. The minimum atomic E-state index is -5.08. The summed E-state index contributed by atoms with van der Waals surface area (Å²) in [4.78, 5) is 62.7. The van der Waals surface area contributed by atoms with Crippen LogP contribution >= 0.6 is 0 Å². The summed E-state index contributed by atoms with van der Waals surface area (Å²) in [5, 5.41) is 12.4. The molecule has 1 atom stereocenters. The second-order valence-corrected chi connectivity index (χ2v) is 9.72. The van der Waals surface area contributed by atoms with Crippen LogP contribution in [-0.4, -0.2) is 66.1 Å². The number of esters is 2. The van der Waals surface area contributed by atoms with E-state index in [0.717, 1.165) is 0 Å². The molecule has 2 aromatic carbocycles. The molecule has 13 nitrogen and oxygen atoms in total. The predicted octanol–water partition coefficient (Wildman–Crippen LogP) is 3.19. The Hall–Kier alpha value is -4.99. The van der Waals surface area contributed by atoms with Crippen molar-refractivity contribution in [2.24, 2.45) is 10.8 Å². The smallest absolute Gasteiger partial charge is 0.475 e. The van der Waals surface area contributed by atoms with Crippen LogP contribution in [0, 0.1) is 0 Å². The summed E-state index contributed by atoms with van der Waals surface area (Å²) < 4.78 is 41.9. The SMILES string of the molecule is CCOC(=O)CNC(=O)C(CC(=O)OC(C)(C)C)c1ccc(NC(=O)c2cccc(N=CNN)c2)cc1.O=C(O)C(F)(F)F. The molecule has 2 rings (SSSR count). The number of nitrogens with two attached hydrogens (primary N) is 1. The highest BCUT2D eigenvalue weighted by molar-refractivity contribution is 6.04. The number of aliphatic imine (C=N–C) groups is 1. The number of amides is 2. The molecule has 44 heavy (non-hydrogen) atoms. The van der Waals surface area contributed by atoms with Gasteiger partial charge in [-0.2, -0.15) is 13.2 Å². The van der Waals surface area contributed by atoms with E-state index >= 15 is 0 Å². The molecule has 0 aliphatic carbocycles. The van der Waals surface area contributed by atoms with Gasteiger partial charge in [0.2, 0.25) is 5.91 Å². The molecule has 0 heterocycles. The number of anilines is 1. The van der Waals surface area contributed by atoms with Gasteiger partial charge in [0.05, 0.1) is 24.6 Å². The number of benzene rings is 2. The van der Waals surface area contributed by atoms with E-state index in [1.54, 1.807) is 76.2 Å². The van der Waals surface area contributed by atoms with E-state index in [9.17, 15) is 32.3 Å². The highest BCUT2D eigenvalue weighted by Gasteiger charge is 2.38. The van der Waals surface area contributed by atoms with Gasteiger partial charge in [0, 0.05) is 11.3 Å². The maximum absolute atomic E-state index is 12.9. The third-order valence-electron chi connectivity index (χ3n) is 5.03. The molecule has 16 heteroatoms. The summed E-state index contributed by atoms with van der Waals surface area (Å²) >= 11 is 0. The zero-order chi connectivity index (χ0) is 33.5. The molecule has 240 valence electrons. The number of halogens is 3. The lowest BCUT2D eigenvalue weighted by Gasteiger charge is -2.22. The molecule has 0 aromatic heterocycles. The summed E-state index contributed by atoms with van der Waals surface area (Å²) in [5.41, 5.74) is 3.49. The van der Waals surface area contributed by atoms with Crippen LogP contribution in [0.5, 0.6) is 0 Å². The van der Waals surface area contributed by atoms with Gasteiger partial charge >= 0.3 is 24.1 Å². The Kier molecular flexibility index (Phi) is 14.5. The molecule has 2 aromatic rings. The maximum atomic E-state index is 12.9. The first-order chi connectivity index (χ1) is 20.5. The molecule has 0 spiro atoms. The number of rotatable bonds is 11. The van der Waals surface area contributed by atoms with E-state index in [1.165, 1.54) is 6.34 Å². The monoisotopic (exact) mass is 625 g/mol. The van der Waals surface area contributed by atoms with Crippen molar-refractivity contribution in [2.45, 2.75) is 51.8 Å². The van der Waals surface area contributed by atoms with Crippen molar-refractivity contribution in [2.75, 3.05) is 18.5 Å². The van der Waals surface area contributed by atoms with Crippen LogP contribution in [0.3, 0.4) is 0 Å². The third kappa shape index (κ3) is 14.3. The lowest BCUT2D eigenvalue weighted by molar-refractivity contribution is -0.192. The van der Waals surface area contributed by atoms with Gasteiger partial charge in [-0.15, -0.1) is 0 Å². The molecule has 2 amide bonds. The van der Waals surface area contributed by atoms with Crippen LogP contribution in [-0.2, 0) is 28.7 Å². The molecule has 0 saturated heterocycles. The highest BCUT2D eigenvalue weighted by Crippen LogP contribution is 2.25. The molecule has 0 saturated carbocycles. The van der Waals surface area contributed by atoms with Crippen molar-refractivity contribution in [3.8, 4) is 0 Å². The number of alkyl halides is 3. The van der Waals surface area contributed by atoms with E-state index in [0.29, 0.717) is 22.5 Å². The summed E-state index contributed by atoms with van der Waals surface area (Å²) in [6.07, 6.45) is -4.02. The number of hydrazine groups is 1. The minimum absolute atomic E-state index is 0.186. The van der Waals surface area contributed by atoms with Gasteiger partial charge in [0.25, 0.3) is 5.91 Å². The van der Waals surface area contributed by atoms with Gasteiger partial charge < -0.3 is 30.6 Å². The Morgan fingerprint density at radius 1 is 1.02 bits per heavy atom. The average Bonchev–Trinajstić information content (AvgIpc) is 2.93. The van der Waals surface area contributed by atoms with E-state index in [-0.39, 0.29) is 25.5 Å². The summed E-state index contributed by atoms with van der Waals surface area (Å²) in [7, 11) is 0. The number of aliphatic carboxylic acids is 1. The molecule has 1 unspecified atom stereocenters. The summed E-state index contributed by atoms with van der Waals surface area (Å²) in [5.74, 6) is -0.531. The highest BCUT2D eigenvalue weighted by atomic mass is 19.4. The van der Waals surface area contributed by atoms with Crippen molar-refractivity contribution in [1.82, 2.24) is 10.7 Å². The van der Waals surface area contributed by atoms with Gasteiger partial charge in [0.1, 0.15) is 18.5 Å². The zero-order valence-corrected chi connectivity index (χ0v) is 24.4. The predicted molar refractivity (Wildman–Crippen MR) is 153 cm³/mol. The Balaban J connectivity index is 0.00000123. The molecule has 0 radical (unpaired) electrons. The lowest BCUT2D eigenvalue weighted by atomic mass is 9.94. The second kappa shape index (κ2) is 17.2. The van der Waals surface area contributed by atoms with Crippen molar-refractivity contribution >= 4 is 47.4 Å². The number of carboxylic acids is 1. The summed E-state index contributed by atoms with van der Waals surface area (Å²) in [6.45, 7) is 6.72. The maximum Gasteiger partial charge on any atom is 0.490 e. The third-order valence-corrected chi connectivity index (χ3v) is 5.03.